The van der Waals surface area contributed by atoms with E-state index in [0.717, 1.165) is 25.9 Å². The van der Waals surface area contributed by atoms with Gasteiger partial charge in [0.2, 0.25) is 5.91 Å². The Morgan fingerprint density at radius 2 is 1.64 bits per heavy atom. The zero-order valence-corrected chi connectivity index (χ0v) is 13.8. The fraction of sp³-hybridized carbons (Fsp3) is 0.875. The predicted molar refractivity (Wildman–Crippen MR) is 84.6 cm³/mol. The molecule has 0 aromatic rings. The summed E-state index contributed by atoms with van der Waals surface area (Å²) in [5.41, 5.74) is 0. The molecule has 0 aromatic heterocycles. The quantitative estimate of drug-likeness (QED) is 0.860. The van der Waals surface area contributed by atoms with Crippen LogP contribution < -0.4 is 5.32 Å². The highest BCUT2D eigenvalue weighted by molar-refractivity contribution is 5.85. The largest absolute Gasteiger partial charge is 0.453 e. The lowest BCUT2D eigenvalue weighted by atomic mass is 10.0. The fourth-order valence-corrected chi connectivity index (χ4v) is 3.48. The number of methoxy groups -OCH3 is 1. The summed E-state index contributed by atoms with van der Waals surface area (Å²) in [6, 6.07) is 0.0909. The minimum Gasteiger partial charge on any atom is -0.453 e. The Hall–Kier alpha value is -1.30. The van der Waals surface area contributed by atoms with E-state index >= 15 is 0 Å². The average Bonchev–Trinajstić information content (AvgIpc) is 2.83. The van der Waals surface area contributed by atoms with Crippen molar-refractivity contribution in [3.8, 4) is 0 Å². The number of nitrogens with one attached hydrogen (secondary N) is 1. The maximum Gasteiger partial charge on any atom is 0.407 e. The van der Waals surface area contributed by atoms with Crippen LogP contribution in [-0.2, 0) is 9.53 Å². The molecule has 2 amide bonds. The number of piperidine rings is 1. The first kappa shape index (κ1) is 17.1. The maximum absolute atomic E-state index is 12.3. The van der Waals surface area contributed by atoms with Crippen molar-refractivity contribution in [2.24, 2.45) is 0 Å². The molecule has 22 heavy (non-hydrogen) atoms. The molecule has 6 heteroatoms. The van der Waals surface area contributed by atoms with Crippen molar-refractivity contribution < 1.29 is 14.3 Å². The number of rotatable bonds is 3. The van der Waals surface area contributed by atoms with E-state index in [9.17, 15) is 9.59 Å². The van der Waals surface area contributed by atoms with Gasteiger partial charge in [-0.1, -0.05) is 12.8 Å². The van der Waals surface area contributed by atoms with Gasteiger partial charge in [0.05, 0.1) is 7.11 Å². The van der Waals surface area contributed by atoms with Crippen LogP contribution in [0.25, 0.3) is 0 Å². The summed E-state index contributed by atoms with van der Waals surface area (Å²) in [6.45, 7) is 5.69. The van der Waals surface area contributed by atoms with Crippen molar-refractivity contribution in [3.05, 3.63) is 0 Å². The number of alkyl carbamates (subject to hydrolysis) is 1. The van der Waals surface area contributed by atoms with Gasteiger partial charge in [0.25, 0.3) is 0 Å². The van der Waals surface area contributed by atoms with E-state index in [4.69, 9.17) is 0 Å². The second-order valence-corrected chi connectivity index (χ2v) is 6.36. The molecule has 0 bridgehead atoms. The number of carbonyl (C=O) groups is 2. The highest BCUT2D eigenvalue weighted by Crippen LogP contribution is 2.21. The summed E-state index contributed by atoms with van der Waals surface area (Å²) < 4.78 is 4.54. The number of amides is 2. The highest BCUT2D eigenvalue weighted by Gasteiger charge is 2.29. The molecule has 6 nitrogen and oxygen atoms in total. The lowest BCUT2D eigenvalue weighted by Crippen LogP contribution is -2.52. The molecule has 0 aliphatic carbocycles. The Bertz CT molecular complexity index is 373. The van der Waals surface area contributed by atoms with Crippen LogP contribution in [0, 0.1) is 0 Å². The van der Waals surface area contributed by atoms with E-state index in [0.29, 0.717) is 6.04 Å². The summed E-state index contributed by atoms with van der Waals surface area (Å²) >= 11 is 0. The monoisotopic (exact) mass is 311 g/mol. The van der Waals surface area contributed by atoms with E-state index in [1.807, 2.05) is 4.90 Å². The normalized spacial score (nSPS) is 22.7. The van der Waals surface area contributed by atoms with E-state index in [-0.39, 0.29) is 5.91 Å². The molecular formula is C16H29N3O3. The lowest BCUT2D eigenvalue weighted by molar-refractivity contribution is -0.134. The van der Waals surface area contributed by atoms with Gasteiger partial charge in [0.15, 0.2) is 0 Å². The molecule has 2 heterocycles. The topological polar surface area (TPSA) is 61.9 Å². The SMILES string of the molecule is COC(=O)N[C@H](C)C(=O)N1CCC(N2CCCCCC2)CC1. The van der Waals surface area contributed by atoms with Gasteiger partial charge in [-0.15, -0.1) is 0 Å². The molecule has 2 saturated heterocycles. The minimum absolute atomic E-state index is 0.0142. The first-order chi connectivity index (χ1) is 10.6. The molecule has 126 valence electrons. The molecule has 0 saturated carbocycles. The van der Waals surface area contributed by atoms with Crippen LogP contribution in [0.4, 0.5) is 4.79 Å². The molecule has 0 unspecified atom stereocenters. The summed E-state index contributed by atoms with van der Waals surface area (Å²) in [5, 5.41) is 2.55. The molecule has 2 aliphatic rings. The van der Waals surface area contributed by atoms with Crippen LogP contribution in [0.15, 0.2) is 0 Å². The number of hydrogen-bond acceptors (Lipinski definition) is 4. The molecule has 2 aliphatic heterocycles. The van der Waals surface area contributed by atoms with Gasteiger partial charge in [-0.3, -0.25) is 4.79 Å². The molecule has 2 rings (SSSR count). The van der Waals surface area contributed by atoms with Gasteiger partial charge < -0.3 is 19.9 Å². The number of nitrogens with zero attached hydrogens (tertiary/aromatic N) is 2. The van der Waals surface area contributed by atoms with Gasteiger partial charge in [0.1, 0.15) is 6.04 Å². The second-order valence-electron chi connectivity index (χ2n) is 6.36. The first-order valence-corrected chi connectivity index (χ1v) is 8.49. The number of hydrogen-bond donors (Lipinski definition) is 1. The van der Waals surface area contributed by atoms with Gasteiger partial charge in [0, 0.05) is 19.1 Å². The van der Waals surface area contributed by atoms with Gasteiger partial charge in [-0.2, -0.15) is 0 Å². The lowest BCUT2D eigenvalue weighted by Gasteiger charge is -2.39. The fourth-order valence-electron chi connectivity index (χ4n) is 3.48. The minimum atomic E-state index is -0.555. The number of ether oxygens (including phenoxy) is 1. The van der Waals surface area contributed by atoms with Crippen LogP contribution >= 0.6 is 0 Å². The second kappa shape index (κ2) is 8.36. The van der Waals surface area contributed by atoms with Crippen molar-refractivity contribution in [2.45, 2.75) is 57.5 Å². The highest BCUT2D eigenvalue weighted by atomic mass is 16.5. The molecular weight excluding hydrogens is 282 g/mol. The summed E-state index contributed by atoms with van der Waals surface area (Å²) in [6.07, 6.45) is 6.83. The van der Waals surface area contributed by atoms with E-state index < -0.39 is 12.1 Å². The molecule has 1 atom stereocenters. The van der Waals surface area contributed by atoms with Crippen molar-refractivity contribution in [1.29, 1.82) is 0 Å². The van der Waals surface area contributed by atoms with Crippen LogP contribution in [-0.4, -0.2) is 67.2 Å². The number of likely N-dealkylation sites (tertiary alicyclic amines) is 2. The van der Waals surface area contributed by atoms with E-state index in [1.54, 1.807) is 6.92 Å². The third kappa shape index (κ3) is 4.60. The third-order valence-corrected chi connectivity index (χ3v) is 4.82. The predicted octanol–water partition coefficient (Wildman–Crippen LogP) is 1.60. The number of carbonyl (C=O) groups excluding carboxylic acids is 2. The van der Waals surface area contributed by atoms with Gasteiger partial charge in [-0.25, -0.2) is 4.79 Å². The zero-order chi connectivity index (χ0) is 15.9. The average molecular weight is 311 g/mol. The standard InChI is InChI=1S/C16H29N3O3/c1-13(17-16(21)22-2)15(20)19-11-7-14(8-12-19)18-9-5-3-4-6-10-18/h13-14H,3-12H2,1-2H3,(H,17,21)/t13-/m1/s1. The molecule has 2 fully saturated rings. The summed E-state index contributed by atoms with van der Waals surface area (Å²) in [4.78, 5) is 28.0. The summed E-state index contributed by atoms with van der Waals surface area (Å²) in [5.74, 6) is -0.0142. The van der Waals surface area contributed by atoms with Crippen LogP contribution in [0.3, 0.4) is 0 Å². The molecule has 0 aromatic carbocycles. The first-order valence-electron chi connectivity index (χ1n) is 8.49. The van der Waals surface area contributed by atoms with Crippen molar-refractivity contribution in [2.75, 3.05) is 33.3 Å². The third-order valence-electron chi connectivity index (χ3n) is 4.82. The Balaban J connectivity index is 1.78. The zero-order valence-electron chi connectivity index (χ0n) is 13.8. The van der Waals surface area contributed by atoms with Crippen LogP contribution in [0.2, 0.25) is 0 Å². The van der Waals surface area contributed by atoms with Gasteiger partial charge >= 0.3 is 6.09 Å². The van der Waals surface area contributed by atoms with E-state index in [1.165, 1.54) is 45.9 Å². The Kier molecular flexibility index (Phi) is 6.49. The molecule has 1 N–H and O–H groups in total. The van der Waals surface area contributed by atoms with Crippen LogP contribution in [0.1, 0.15) is 45.4 Å². The van der Waals surface area contributed by atoms with Crippen molar-refractivity contribution in [1.82, 2.24) is 15.1 Å². The maximum atomic E-state index is 12.3. The van der Waals surface area contributed by atoms with Gasteiger partial charge in [-0.05, 0) is 45.7 Å². The molecule has 0 spiro atoms. The van der Waals surface area contributed by atoms with Crippen molar-refractivity contribution >= 4 is 12.0 Å². The molecule has 0 radical (unpaired) electrons. The smallest absolute Gasteiger partial charge is 0.407 e. The Morgan fingerprint density at radius 1 is 1.05 bits per heavy atom. The van der Waals surface area contributed by atoms with Crippen LogP contribution in [0.5, 0.6) is 0 Å². The summed E-state index contributed by atoms with van der Waals surface area (Å²) in [7, 11) is 1.30. The van der Waals surface area contributed by atoms with Crippen molar-refractivity contribution in [3.63, 3.8) is 0 Å². The Labute approximate surface area is 133 Å². The van der Waals surface area contributed by atoms with E-state index in [2.05, 4.69) is 15.0 Å². The Morgan fingerprint density at radius 3 is 2.18 bits per heavy atom.